The third-order valence-corrected chi connectivity index (χ3v) is 4.84. The largest absolute Gasteiger partial charge is 0.338 e. The molecule has 1 fully saturated rings. The Morgan fingerprint density at radius 3 is 2.86 bits per heavy atom. The van der Waals surface area contributed by atoms with Crippen LogP contribution < -0.4 is 0 Å². The Kier molecular flexibility index (Phi) is 4.63. The lowest BCUT2D eigenvalue weighted by Crippen LogP contribution is -2.38. The highest BCUT2D eigenvalue weighted by atomic mass is 32.1. The number of hydrogen-bond donors (Lipinski definition) is 0. The molecule has 1 amide bonds. The van der Waals surface area contributed by atoms with Gasteiger partial charge in [-0.1, -0.05) is 30.3 Å². The standard InChI is InChI=1S/C17H19N3OS/c1-13-18-19-17(22-13)15-8-5-11-20(12-15)16(21)10-9-14-6-3-2-4-7-14/h2-4,6-7,9-10,15H,5,8,11-12H2,1H3/b10-9-/t15-/m1/s1. The van der Waals surface area contributed by atoms with Crippen LogP contribution in [0.4, 0.5) is 0 Å². The van der Waals surface area contributed by atoms with E-state index in [-0.39, 0.29) is 5.91 Å². The summed E-state index contributed by atoms with van der Waals surface area (Å²) in [5.41, 5.74) is 1.05. The summed E-state index contributed by atoms with van der Waals surface area (Å²) < 4.78 is 0. The quantitative estimate of drug-likeness (QED) is 0.817. The van der Waals surface area contributed by atoms with Gasteiger partial charge in [0.05, 0.1) is 0 Å². The molecule has 3 rings (SSSR count). The second-order valence-corrected chi connectivity index (χ2v) is 6.74. The van der Waals surface area contributed by atoms with Gasteiger partial charge in [-0.25, -0.2) is 0 Å². The molecule has 0 bridgehead atoms. The van der Waals surface area contributed by atoms with Gasteiger partial charge >= 0.3 is 0 Å². The van der Waals surface area contributed by atoms with Crippen molar-refractivity contribution in [2.24, 2.45) is 0 Å². The minimum atomic E-state index is 0.0785. The highest BCUT2D eigenvalue weighted by molar-refractivity contribution is 7.11. The van der Waals surface area contributed by atoms with E-state index in [1.165, 1.54) is 0 Å². The first-order chi connectivity index (χ1) is 10.7. The lowest BCUT2D eigenvalue weighted by atomic mass is 9.99. The number of rotatable bonds is 3. The van der Waals surface area contributed by atoms with Crippen molar-refractivity contribution in [3.05, 3.63) is 52.0 Å². The molecule has 2 aromatic rings. The lowest BCUT2D eigenvalue weighted by Gasteiger charge is -2.30. The lowest BCUT2D eigenvalue weighted by molar-refractivity contribution is -0.127. The molecule has 1 atom stereocenters. The van der Waals surface area contributed by atoms with Crippen LogP contribution in [0.2, 0.25) is 0 Å². The molecule has 0 aliphatic carbocycles. The maximum Gasteiger partial charge on any atom is 0.246 e. The molecule has 1 aliphatic rings. The molecule has 1 aliphatic heterocycles. The zero-order valence-corrected chi connectivity index (χ0v) is 13.4. The minimum absolute atomic E-state index is 0.0785. The van der Waals surface area contributed by atoms with Crippen LogP contribution in [0.1, 0.15) is 34.3 Å². The number of carbonyl (C=O) groups excluding carboxylic acids is 1. The Labute approximate surface area is 134 Å². The number of amides is 1. The number of benzene rings is 1. The fraction of sp³-hybridized carbons (Fsp3) is 0.353. The number of piperidine rings is 1. The van der Waals surface area contributed by atoms with Crippen LogP contribution in [-0.4, -0.2) is 34.1 Å². The van der Waals surface area contributed by atoms with Crippen LogP contribution in [0.3, 0.4) is 0 Å². The molecule has 1 aromatic heterocycles. The van der Waals surface area contributed by atoms with Gasteiger partial charge in [-0.3, -0.25) is 4.79 Å². The van der Waals surface area contributed by atoms with Gasteiger partial charge in [0.1, 0.15) is 10.0 Å². The van der Waals surface area contributed by atoms with Gasteiger partial charge < -0.3 is 4.90 Å². The van der Waals surface area contributed by atoms with E-state index in [0.717, 1.165) is 41.5 Å². The number of aromatic nitrogens is 2. The average Bonchev–Trinajstić information content (AvgIpc) is 3.00. The van der Waals surface area contributed by atoms with Crippen molar-refractivity contribution in [3.8, 4) is 0 Å². The fourth-order valence-electron chi connectivity index (χ4n) is 2.69. The van der Waals surface area contributed by atoms with E-state index in [4.69, 9.17) is 0 Å². The number of nitrogens with zero attached hydrogens (tertiary/aromatic N) is 3. The first-order valence-corrected chi connectivity index (χ1v) is 8.36. The molecule has 114 valence electrons. The second-order valence-electron chi connectivity index (χ2n) is 5.53. The average molecular weight is 313 g/mol. The Balaban J connectivity index is 1.64. The molecule has 0 N–H and O–H groups in total. The Morgan fingerprint density at radius 1 is 1.32 bits per heavy atom. The molecule has 0 spiro atoms. The number of carbonyl (C=O) groups is 1. The van der Waals surface area contributed by atoms with Crippen molar-refractivity contribution < 1.29 is 4.79 Å². The molecule has 5 heteroatoms. The topological polar surface area (TPSA) is 46.1 Å². The predicted molar refractivity (Wildman–Crippen MR) is 88.7 cm³/mol. The summed E-state index contributed by atoms with van der Waals surface area (Å²) in [6.07, 6.45) is 5.65. The van der Waals surface area contributed by atoms with Crippen LogP contribution in [0.15, 0.2) is 36.4 Å². The van der Waals surface area contributed by atoms with E-state index in [1.54, 1.807) is 17.4 Å². The van der Waals surface area contributed by atoms with Gasteiger partial charge in [-0.15, -0.1) is 21.5 Å². The molecule has 0 radical (unpaired) electrons. The molecule has 22 heavy (non-hydrogen) atoms. The molecule has 1 saturated heterocycles. The summed E-state index contributed by atoms with van der Waals surface area (Å²) in [5, 5.41) is 10.4. The molecular formula is C17H19N3OS. The Bertz CT molecular complexity index is 666. The monoisotopic (exact) mass is 313 g/mol. The molecule has 0 saturated carbocycles. The number of aryl methyl sites for hydroxylation is 1. The summed E-state index contributed by atoms with van der Waals surface area (Å²) in [6.45, 7) is 3.54. The molecule has 4 nitrogen and oxygen atoms in total. The Hall–Kier alpha value is -2.01. The van der Waals surface area contributed by atoms with Crippen LogP contribution in [-0.2, 0) is 4.79 Å². The molecular weight excluding hydrogens is 294 g/mol. The van der Waals surface area contributed by atoms with Gasteiger partial charge in [0.2, 0.25) is 5.91 Å². The van der Waals surface area contributed by atoms with Crippen molar-refractivity contribution in [1.29, 1.82) is 0 Å². The maximum absolute atomic E-state index is 12.4. The van der Waals surface area contributed by atoms with E-state index < -0.39 is 0 Å². The van der Waals surface area contributed by atoms with Gasteiger partial charge in [-0.05, 0) is 31.4 Å². The van der Waals surface area contributed by atoms with E-state index in [9.17, 15) is 4.79 Å². The van der Waals surface area contributed by atoms with Gasteiger partial charge in [0, 0.05) is 25.1 Å². The third kappa shape index (κ3) is 3.60. The van der Waals surface area contributed by atoms with E-state index in [2.05, 4.69) is 10.2 Å². The first kappa shape index (κ1) is 14.9. The first-order valence-electron chi connectivity index (χ1n) is 7.54. The molecule has 0 unspecified atom stereocenters. The van der Waals surface area contributed by atoms with Crippen LogP contribution in [0.5, 0.6) is 0 Å². The zero-order chi connectivity index (χ0) is 15.4. The smallest absolute Gasteiger partial charge is 0.246 e. The van der Waals surface area contributed by atoms with Crippen LogP contribution in [0, 0.1) is 6.92 Å². The second kappa shape index (κ2) is 6.83. The van der Waals surface area contributed by atoms with Gasteiger partial charge in [-0.2, -0.15) is 0 Å². The SMILES string of the molecule is Cc1nnc([C@@H]2CCCN(C(=O)/C=C\c3ccccc3)C2)s1. The predicted octanol–water partition coefficient (Wildman–Crippen LogP) is 3.27. The van der Waals surface area contributed by atoms with Crippen molar-refractivity contribution in [1.82, 2.24) is 15.1 Å². The highest BCUT2D eigenvalue weighted by Crippen LogP contribution is 2.29. The third-order valence-electron chi connectivity index (χ3n) is 3.84. The summed E-state index contributed by atoms with van der Waals surface area (Å²) in [4.78, 5) is 14.3. The van der Waals surface area contributed by atoms with Crippen molar-refractivity contribution in [2.75, 3.05) is 13.1 Å². The van der Waals surface area contributed by atoms with Crippen molar-refractivity contribution in [3.63, 3.8) is 0 Å². The normalized spacial score (nSPS) is 18.8. The van der Waals surface area contributed by atoms with Crippen LogP contribution >= 0.6 is 11.3 Å². The molecule has 2 heterocycles. The van der Waals surface area contributed by atoms with E-state index in [1.807, 2.05) is 48.2 Å². The minimum Gasteiger partial charge on any atom is -0.338 e. The zero-order valence-electron chi connectivity index (χ0n) is 12.6. The van der Waals surface area contributed by atoms with Crippen molar-refractivity contribution >= 4 is 23.3 Å². The Morgan fingerprint density at radius 2 is 2.14 bits per heavy atom. The van der Waals surface area contributed by atoms with E-state index >= 15 is 0 Å². The van der Waals surface area contributed by atoms with E-state index in [0.29, 0.717) is 5.92 Å². The van der Waals surface area contributed by atoms with Crippen LogP contribution in [0.25, 0.3) is 6.08 Å². The summed E-state index contributed by atoms with van der Waals surface area (Å²) in [5.74, 6) is 0.406. The summed E-state index contributed by atoms with van der Waals surface area (Å²) >= 11 is 1.64. The fourth-order valence-corrected chi connectivity index (χ4v) is 3.52. The molecule has 1 aromatic carbocycles. The summed E-state index contributed by atoms with van der Waals surface area (Å²) in [7, 11) is 0. The number of hydrogen-bond acceptors (Lipinski definition) is 4. The highest BCUT2D eigenvalue weighted by Gasteiger charge is 2.25. The van der Waals surface area contributed by atoms with Crippen molar-refractivity contribution in [2.45, 2.75) is 25.7 Å². The maximum atomic E-state index is 12.4. The summed E-state index contributed by atoms with van der Waals surface area (Å²) in [6, 6.07) is 9.90. The van der Waals surface area contributed by atoms with Gasteiger partial charge in [0.25, 0.3) is 0 Å². The number of likely N-dealkylation sites (tertiary alicyclic amines) is 1. The van der Waals surface area contributed by atoms with Gasteiger partial charge in [0.15, 0.2) is 0 Å².